The molecule has 2 aromatic rings. The van der Waals surface area contributed by atoms with Crippen LogP contribution in [-0.4, -0.2) is 81.6 Å². The molecule has 0 unspecified atom stereocenters. The largest absolute Gasteiger partial charge is 0.506 e. The minimum Gasteiger partial charge on any atom is -0.506 e. The van der Waals surface area contributed by atoms with Crippen molar-refractivity contribution < 1.29 is 23.1 Å². The molecule has 1 amide bonds. The third-order valence-corrected chi connectivity index (χ3v) is 8.26. The molecule has 34 heavy (non-hydrogen) atoms. The van der Waals surface area contributed by atoms with Gasteiger partial charge in [0.05, 0.1) is 19.3 Å². The highest BCUT2D eigenvalue weighted by atomic mass is 32.2. The Labute approximate surface area is 201 Å². The highest BCUT2D eigenvalue weighted by Gasteiger charge is 2.29. The zero-order valence-electron chi connectivity index (χ0n) is 19.4. The Kier molecular flexibility index (Phi) is 7.60. The second kappa shape index (κ2) is 10.6. The molecule has 2 saturated heterocycles. The quantitative estimate of drug-likeness (QED) is 0.617. The molecule has 2 aliphatic rings. The topological polar surface area (TPSA) is 102 Å². The number of sulfonamides is 1. The van der Waals surface area contributed by atoms with E-state index in [1.165, 1.54) is 17.5 Å². The zero-order chi connectivity index (χ0) is 24.1. The van der Waals surface area contributed by atoms with Gasteiger partial charge in [0.25, 0.3) is 0 Å². The van der Waals surface area contributed by atoms with Crippen molar-refractivity contribution in [3.05, 3.63) is 42.5 Å². The highest BCUT2D eigenvalue weighted by molar-refractivity contribution is 7.89. The lowest BCUT2D eigenvalue weighted by atomic mass is 10.2. The van der Waals surface area contributed by atoms with Gasteiger partial charge in [0.2, 0.25) is 15.9 Å². The smallest absolute Gasteiger partial charge is 0.246 e. The van der Waals surface area contributed by atoms with Crippen molar-refractivity contribution in [3.8, 4) is 11.5 Å². The summed E-state index contributed by atoms with van der Waals surface area (Å²) in [6.07, 6.45) is 2.71. The van der Waals surface area contributed by atoms with Crippen LogP contribution in [0.25, 0.3) is 0 Å². The van der Waals surface area contributed by atoms with E-state index in [4.69, 9.17) is 4.74 Å². The Bertz CT molecular complexity index is 1110. The predicted molar refractivity (Wildman–Crippen MR) is 131 cm³/mol. The molecule has 4 rings (SSSR count). The maximum atomic E-state index is 13.2. The molecule has 2 N–H and O–H groups in total. The minimum atomic E-state index is -3.71. The van der Waals surface area contributed by atoms with Gasteiger partial charge in [-0.15, -0.1) is 0 Å². The number of hydrogen-bond acceptors (Lipinski definition) is 7. The number of nitrogens with one attached hydrogen (secondary N) is 1. The number of para-hydroxylation sites is 2. The molecule has 184 valence electrons. The fraction of sp³-hybridized carbons (Fsp3) is 0.458. The maximum absolute atomic E-state index is 13.2. The number of phenolic OH excluding ortho intramolecular Hbond substituents is 1. The van der Waals surface area contributed by atoms with E-state index < -0.39 is 10.0 Å². The number of methoxy groups -OCH3 is 1. The lowest BCUT2D eigenvalue weighted by Gasteiger charge is -2.35. The van der Waals surface area contributed by atoms with Crippen LogP contribution < -0.4 is 15.0 Å². The third-order valence-electron chi connectivity index (χ3n) is 6.34. The fourth-order valence-electron chi connectivity index (χ4n) is 4.48. The van der Waals surface area contributed by atoms with Crippen molar-refractivity contribution >= 4 is 27.3 Å². The molecule has 0 atom stereocenters. The van der Waals surface area contributed by atoms with Crippen LogP contribution in [0, 0.1) is 0 Å². The monoisotopic (exact) mass is 488 g/mol. The number of nitrogens with zero attached hydrogens (tertiary/aromatic N) is 3. The van der Waals surface area contributed by atoms with Crippen molar-refractivity contribution in [2.24, 2.45) is 0 Å². The Morgan fingerprint density at radius 1 is 1.00 bits per heavy atom. The first-order valence-corrected chi connectivity index (χ1v) is 13.1. The van der Waals surface area contributed by atoms with Gasteiger partial charge in [0, 0.05) is 45.0 Å². The van der Waals surface area contributed by atoms with Crippen molar-refractivity contribution in [1.82, 2.24) is 9.21 Å². The number of rotatable bonds is 7. The number of carbonyl (C=O) groups excluding carboxylic acids is 1. The lowest BCUT2D eigenvalue weighted by molar-refractivity contribution is -0.117. The molecule has 10 heteroatoms. The van der Waals surface area contributed by atoms with E-state index in [1.807, 2.05) is 17.0 Å². The van der Waals surface area contributed by atoms with Crippen molar-refractivity contribution in [3.63, 3.8) is 0 Å². The fourth-order valence-corrected chi connectivity index (χ4v) is 6.18. The molecule has 2 heterocycles. The minimum absolute atomic E-state index is 0.0750. The number of phenols is 1. The van der Waals surface area contributed by atoms with Crippen LogP contribution >= 0.6 is 0 Å². The van der Waals surface area contributed by atoms with Crippen LogP contribution in [0.15, 0.2) is 47.4 Å². The van der Waals surface area contributed by atoms with E-state index in [9.17, 15) is 18.3 Å². The van der Waals surface area contributed by atoms with E-state index >= 15 is 0 Å². The van der Waals surface area contributed by atoms with E-state index in [1.54, 1.807) is 24.3 Å². The summed E-state index contributed by atoms with van der Waals surface area (Å²) >= 11 is 0. The molecular weight excluding hydrogens is 456 g/mol. The van der Waals surface area contributed by atoms with Gasteiger partial charge in [-0.1, -0.05) is 18.6 Å². The van der Waals surface area contributed by atoms with E-state index in [0.29, 0.717) is 45.0 Å². The first-order chi connectivity index (χ1) is 16.4. The molecule has 9 nitrogen and oxygen atoms in total. The van der Waals surface area contributed by atoms with Gasteiger partial charge in [0.1, 0.15) is 16.4 Å². The van der Waals surface area contributed by atoms with Crippen LogP contribution in [0.4, 0.5) is 11.4 Å². The Hall–Kier alpha value is -2.82. The summed E-state index contributed by atoms with van der Waals surface area (Å²) in [5.41, 5.74) is 1.22. The van der Waals surface area contributed by atoms with Crippen molar-refractivity contribution in [2.45, 2.75) is 24.2 Å². The van der Waals surface area contributed by atoms with Gasteiger partial charge in [0.15, 0.2) is 0 Å². The van der Waals surface area contributed by atoms with Gasteiger partial charge >= 0.3 is 0 Å². The van der Waals surface area contributed by atoms with Gasteiger partial charge in [-0.3, -0.25) is 9.69 Å². The first kappa shape index (κ1) is 24.3. The second-order valence-electron chi connectivity index (χ2n) is 8.63. The molecule has 2 aliphatic heterocycles. The summed E-state index contributed by atoms with van der Waals surface area (Å²) in [5, 5.41) is 12.9. The summed E-state index contributed by atoms with van der Waals surface area (Å²) in [6, 6.07) is 12.0. The number of aromatic hydroxyl groups is 1. The zero-order valence-corrected chi connectivity index (χ0v) is 20.3. The Morgan fingerprint density at radius 3 is 2.38 bits per heavy atom. The first-order valence-electron chi connectivity index (χ1n) is 11.6. The number of ether oxygens (including phenoxy) is 1. The van der Waals surface area contributed by atoms with Gasteiger partial charge in [-0.25, -0.2) is 8.42 Å². The van der Waals surface area contributed by atoms with E-state index in [-0.39, 0.29) is 28.8 Å². The summed E-state index contributed by atoms with van der Waals surface area (Å²) in [5.74, 6) is 0.315. The van der Waals surface area contributed by atoms with E-state index in [0.717, 1.165) is 24.9 Å². The van der Waals surface area contributed by atoms with Gasteiger partial charge < -0.3 is 20.1 Å². The molecule has 2 aromatic carbocycles. The average Bonchev–Trinajstić information content (AvgIpc) is 2.85. The Balaban J connectivity index is 1.38. The van der Waals surface area contributed by atoms with Crippen molar-refractivity contribution in [2.75, 3.05) is 63.1 Å². The summed E-state index contributed by atoms with van der Waals surface area (Å²) in [4.78, 5) is 16.9. The molecule has 0 bridgehead atoms. The summed E-state index contributed by atoms with van der Waals surface area (Å²) in [7, 11) is -2.26. The number of carbonyl (C=O) groups is 1. The number of benzene rings is 2. The molecule has 0 spiro atoms. The normalized spacial score (nSPS) is 18.0. The van der Waals surface area contributed by atoms with Crippen molar-refractivity contribution in [1.29, 1.82) is 0 Å². The second-order valence-corrected chi connectivity index (χ2v) is 10.5. The average molecular weight is 489 g/mol. The third kappa shape index (κ3) is 5.45. The summed E-state index contributed by atoms with van der Waals surface area (Å²) in [6.45, 7) is 3.95. The van der Waals surface area contributed by atoms with Crippen LogP contribution in [0.2, 0.25) is 0 Å². The van der Waals surface area contributed by atoms with Gasteiger partial charge in [-0.2, -0.15) is 4.31 Å². The maximum Gasteiger partial charge on any atom is 0.246 e. The molecule has 2 fully saturated rings. The number of piperazine rings is 1. The van der Waals surface area contributed by atoms with Crippen LogP contribution in [0.5, 0.6) is 11.5 Å². The van der Waals surface area contributed by atoms with Crippen LogP contribution in [-0.2, 0) is 14.8 Å². The summed E-state index contributed by atoms with van der Waals surface area (Å²) < 4.78 is 33.2. The van der Waals surface area contributed by atoms with Crippen LogP contribution in [0.1, 0.15) is 19.3 Å². The SMILES string of the molecule is COc1ccc(NC(=O)CN2CCN(c3ccccc3O)CC2)cc1S(=O)(=O)N1CCCCC1. The number of amides is 1. The lowest BCUT2D eigenvalue weighted by Crippen LogP contribution is -2.48. The molecule has 0 saturated carbocycles. The molecule has 0 aliphatic carbocycles. The van der Waals surface area contributed by atoms with Gasteiger partial charge in [-0.05, 0) is 43.2 Å². The van der Waals surface area contributed by atoms with Crippen LogP contribution in [0.3, 0.4) is 0 Å². The molecule has 0 aromatic heterocycles. The number of piperidine rings is 1. The number of anilines is 2. The predicted octanol–water partition coefficient (Wildman–Crippen LogP) is 2.34. The standard InChI is InChI=1S/C24H32N4O5S/c1-33-22-10-9-19(17-23(22)34(31,32)28-11-5-2-6-12-28)25-24(30)18-26-13-15-27(16-14-26)20-7-3-4-8-21(20)29/h3-4,7-10,17,29H,2,5-6,11-16,18H2,1H3,(H,25,30). The molecule has 0 radical (unpaired) electrons. The number of hydrogen-bond donors (Lipinski definition) is 2. The molecular formula is C24H32N4O5S. The van der Waals surface area contributed by atoms with E-state index in [2.05, 4.69) is 10.2 Å². The Morgan fingerprint density at radius 2 is 1.71 bits per heavy atom. The highest BCUT2D eigenvalue weighted by Crippen LogP contribution is 2.31.